The van der Waals surface area contributed by atoms with Crippen LogP contribution in [0.3, 0.4) is 0 Å². The van der Waals surface area contributed by atoms with Gasteiger partial charge in [0.05, 0.1) is 18.2 Å². The van der Waals surface area contributed by atoms with Gasteiger partial charge in [-0.15, -0.1) is 0 Å². The second-order valence-electron chi connectivity index (χ2n) is 7.72. The highest BCUT2D eigenvalue weighted by molar-refractivity contribution is 6.46. The van der Waals surface area contributed by atoms with Crippen LogP contribution in [0.4, 0.5) is 4.39 Å². The van der Waals surface area contributed by atoms with E-state index in [1.54, 1.807) is 24.3 Å². The molecule has 0 saturated carbocycles. The van der Waals surface area contributed by atoms with Crippen LogP contribution in [0.5, 0.6) is 5.75 Å². The predicted molar refractivity (Wildman–Crippen MR) is 116 cm³/mol. The summed E-state index contributed by atoms with van der Waals surface area (Å²) in [5.74, 6) is -1.58. The monoisotopic (exact) mass is 426 g/mol. The Morgan fingerprint density at radius 2 is 1.87 bits per heavy atom. The highest BCUT2D eigenvalue weighted by Crippen LogP contribution is 2.39. The van der Waals surface area contributed by atoms with Crippen LogP contribution in [-0.2, 0) is 9.59 Å². The molecule has 1 amide bonds. The number of aliphatic hydroxyl groups excluding tert-OH is 1. The highest BCUT2D eigenvalue weighted by Gasteiger charge is 2.45. The number of aliphatic hydroxyl groups is 1. The zero-order chi connectivity index (χ0) is 22.5. The first kappa shape index (κ1) is 22.5. The van der Waals surface area contributed by atoms with Crippen molar-refractivity contribution in [3.8, 4) is 5.75 Å². The van der Waals surface area contributed by atoms with E-state index in [0.29, 0.717) is 30.0 Å². The molecule has 0 aromatic heterocycles. The minimum atomic E-state index is -0.805. The van der Waals surface area contributed by atoms with E-state index >= 15 is 0 Å². The van der Waals surface area contributed by atoms with Crippen molar-refractivity contribution < 1.29 is 23.8 Å². The topological polar surface area (TPSA) is 70.1 Å². The van der Waals surface area contributed by atoms with Gasteiger partial charge in [0.15, 0.2) is 0 Å². The Hall–Kier alpha value is -3.19. The first-order chi connectivity index (χ1) is 14.8. The Kier molecular flexibility index (Phi) is 7.07. The second-order valence-corrected chi connectivity index (χ2v) is 7.72. The molecule has 7 heteroatoms. The molecule has 2 aromatic rings. The summed E-state index contributed by atoms with van der Waals surface area (Å²) in [7, 11) is 3.73. The van der Waals surface area contributed by atoms with E-state index in [4.69, 9.17) is 4.74 Å². The molecule has 0 bridgehead atoms. The average molecular weight is 426 g/mol. The van der Waals surface area contributed by atoms with Gasteiger partial charge >= 0.3 is 0 Å². The first-order valence-corrected chi connectivity index (χ1v) is 10.2. The Morgan fingerprint density at radius 1 is 1.16 bits per heavy atom. The fraction of sp³-hybridized carbons (Fsp3) is 0.333. The molecule has 1 aliphatic heterocycles. The van der Waals surface area contributed by atoms with Crippen molar-refractivity contribution in [1.82, 2.24) is 9.80 Å². The number of likely N-dealkylation sites (tertiary alicyclic amines) is 1. The minimum Gasteiger partial charge on any atom is -0.507 e. The molecule has 1 unspecified atom stereocenters. The lowest BCUT2D eigenvalue weighted by atomic mass is 9.95. The summed E-state index contributed by atoms with van der Waals surface area (Å²) < 4.78 is 19.1. The first-order valence-electron chi connectivity index (χ1n) is 10.2. The lowest BCUT2D eigenvalue weighted by molar-refractivity contribution is -0.140. The van der Waals surface area contributed by atoms with E-state index in [2.05, 4.69) is 0 Å². The molecular formula is C24H27FN2O4. The molecule has 0 aliphatic carbocycles. The van der Waals surface area contributed by atoms with Crippen LogP contribution in [0.15, 0.2) is 54.1 Å². The van der Waals surface area contributed by atoms with E-state index in [1.165, 1.54) is 29.2 Å². The molecule has 31 heavy (non-hydrogen) atoms. The number of halogens is 1. The summed E-state index contributed by atoms with van der Waals surface area (Å²) in [5, 5.41) is 11.1. The Bertz CT molecular complexity index is 985. The number of Topliss-reactive ketones (excluding diaryl/α,β-unsaturated/α-hetero) is 1. The molecule has 1 aliphatic rings. The summed E-state index contributed by atoms with van der Waals surface area (Å²) >= 11 is 0. The van der Waals surface area contributed by atoms with Crippen LogP contribution in [-0.4, -0.2) is 60.4 Å². The number of hydrogen-bond donors (Lipinski definition) is 1. The predicted octanol–water partition coefficient (Wildman–Crippen LogP) is 3.60. The average Bonchev–Trinajstić information content (AvgIpc) is 3.01. The number of carbonyl (C=O) groups excluding carboxylic acids is 2. The van der Waals surface area contributed by atoms with Gasteiger partial charge in [0.25, 0.3) is 11.7 Å². The molecular weight excluding hydrogens is 399 g/mol. The molecule has 2 aromatic carbocycles. The minimum absolute atomic E-state index is 0.0111. The van der Waals surface area contributed by atoms with Crippen LogP contribution in [0.2, 0.25) is 0 Å². The number of amides is 1. The van der Waals surface area contributed by atoms with Crippen LogP contribution in [0.1, 0.15) is 30.5 Å². The number of rotatable bonds is 8. The second kappa shape index (κ2) is 9.75. The fourth-order valence-corrected chi connectivity index (χ4v) is 3.52. The quantitative estimate of drug-likeness (QED) is 0.397. The van der Waals surface area contributed by atoms with Gasteiger partial charge in [-0.05, 0) is 50.3 Å². The van der Waals surface area contributed by atoms with Gasteiger partial charge < -0.3 is 19.6 Å². The smallest absolute Gasteiger partial charge is 0.295 e. The number of benzene rings is 2. The number of nitrogens with zero attached hydrogens (tertiary/aromatic N) is 2. The highest BCUT2D eigenvalue weighted by atomic mass is 19.1. The van der Waals surface area contributed by atoms with Gasteiger partial charge in [0.1, 0.15) is 17.3 Å². The molecule has 1 fully saturated rings. The fourth-order valence-electron chi connectivity index (χ4n) is 3.52. The van der Waals surface area contributed by atoms with Gasteiger partial charge in [-0.3, -0.25) is 9.59 Å². The molecule has 1 atom stereocenters. The number of hydrogen-bond acceptors (Lipinski definition) is 5. The maximum Gasteiger partial charge on any atom is 0.295 e. The van der Waals surface area contributed by atoms with Crippen LogP contribution >= 0.6 is 0 Å². The van der Waals surface area contributed by atoms with E-state index in [1.807, 2.05) is 25.9 Å². The molecule has 0 spiro atoms. The number of likely N-dealkylation sites (N-methyl/N-ethyl adjacent to an activating group) is 1. The lowest BCUT2D eigenvalue weighted by Crippen LogP contribution is -2.35. The van der Waals surface area contributed by atoms with Crippen molar-refractivity contribution in [2.24, 2.45) is 0 Å². The van der Waals surface area contributed by atoms with Crippen LogP contribution < -0.4 is 4.74 Å². The van der Waals surface area contributed by atoms with Crippen molar-refractivity contribution in [3.63, 3.8) is 0 Å². The van der Waals surface area contributed by atoms with Gasteiger partial charge in [0.2, 0.25) is 0 Å². The van der Waals surface area contributed by atoms with Crippen LogP contribution in [0, 0.1) is 5.82 Å². The molecule has 0 radical (unpaired) electrons. The third-order valence-electron chi connectivity index (χ3n) is 5.09. The Balaban J connectivity index is 2.09. The van der Waals surface area contributed by atoms with Crippen LogP contribution in [0.25, 0.3) is 5.76 Å². The normalized spacial score (nSPS) is 18.1. The van der Waals surface area contributed by atoms with E-state index in [-0.39, 0.29) is 17.9 Å². The van der Waals surface area contributed by atoms with Crippen molar-refractivity contribution in [2.75, 3.05) is 33.8 Å². The Morgan fingerprint density at radius 3 is 2.52 bits per heavy atom. The summed E-state index contributed by atoms with van der Waals surface area (Å²) in [4.78, 5) is 29.1. The third-order valence-corrected chi connectivity index (χ3v) is 5.09. The molecule has 1 saturated heterocycles. The van der Waals surface area contributed by atoms with Gasteiger partial charge in [-0.1, -0.05) is 31.2 Å². The number of carbonyl (C=O) groups is 2. The molecule has 164 valence electrons. The summed E-state index contributed by atoms with van der Waals surface area (Å²) in [6.07, 6.45) is 0.831. The van der Waals surface area contributed by atoms with Gasteiger partial charge in [0, 0.05) is 18.7 Å². The van der Waals surface area contributed by atoms with E-state index in [9.17, 15) is 19.1 Å². The summed E-state index contributed by atoms with van der Waals surface area (Å²) in [6, 6.07) is 11.6. The number of ether oxygens (including phenoxy) is 1. The molecule has 3 rings (SSSR count). The Labute approximate surface area is 181 Å². The third kappa shape index (κ3) is 4.94. The van der Waals surface area contributed by atoms with E-state index in [0.717, 1.165) is 6.42 Å². The maximum absolute atomic E-state index is 13.5. The SMILES string of the molecule is CCCOc1cccc(/C(O)=C2/C(=O)C(=O)N(CCN(C)C)C2c2ccc(F)cc2)c1. The van der Waals surface area contributed by atoms with Crippen molar-refractivity contribution in [1.29, 1.82) is 0 Å². The summed E-state index contributed by atoms with van der Waals surface area (Å²) in [5.41, 5.74) is 0.925. The van der Waals surface area contributed by atoms with Crippen molar-refractivity contribution >= 4 is 17.4 Å². The largest absolute Gasteiger partial charge is 0.507 e. The van der Waals surface area contributed by atoms with Crippen molar-refractivity contribution in [3.05, 3.63) is 71.0 Å². The molecule has 6 nitrogen and oxygen atoms in total. The maximum atomic E-state index is 13.5. The zero-order valence-electron chi connectivity index (χ0n) is 18.0. The molecule has 1 heterocycles. The van der Waals surface area contributed by atoms with E-state index < -0.39 is 23.5 Å². The van der Waals surface area contributed by atoms with Gasteiger partial charge in [-0.25, -0.2) is 4.39 Å². The molecule has 1 N–H and O–H groups in total. The number of ketones is 1. The van der Waals surface area contributed by atoms with Gasteiger partial charge in [-0.2, -0.15) is 0 Å². The summed E-state index contributed by atoms with van der Waals surface area (Å²) in [6.45, 7) is 3.33. The van der Waals surface area contributed by atoms with Crippen molar-refractivity contribution in [2.45, 2.75) is 19.4 Å². The lowest BCUT2D eigenvalue weighted by Gasteiger charge is -2.26. The zero-order valence-corrected chi connectivity index (χ0v) is 18.0. The standard InChI is InChI=1S/C24H27FN2O4/c1-4-14-31-19-7-5-6-17(15-19)22(28)20-21(16-8-10-18(25)11-9-16)27(13-12-26(2)3)24(30)23(20)29/h5-11,15,21,28H,4,12-14H2,1-3H3/b22-20-.